The van der Waals surface area contributed by atoms with E-state index in [0.717, 1.165) is 11.5 Å². The number of aryl methyl sites for hydroxylation is 1. The van der Waals surface area contributed by atoms with Crippen LogP contribution in [-0.4, -0.2) is 39.1 Å². The van der Waals surface area contributed by atoms with Crippen LogP contribution in [0.5, 0.6) is 0 Å². The van der Waals surface area contributed by atoms with E-state index in [1.54, 1.807) is 0 Å². The monoisotopic (exact) mass is 270 g/mol. The number of amides is 1. The second-order valence-corrected chi connectivity index (χ2v) is 5.24. The van der Waals surface area contributed by atoms with Crippen LogP contribution in [0.1, 0.15) is 12.1 Å². The predicted molar refractivity (Wildman–Crippen MR) is 67.6 cm³/mol. The Hall–Kier alpha value is -1.57. The van der Waals surface area contributed by atoms with Gasteiger partial charge in [0.1, 0.15) is 5.69 Å². The van der Waals surface area contributed by atoms with Crippen LogP contribution >= 0.6 is 11.8 Å². The fourth-order valence-corrected chi connectivity index (χ4v) is 2.33. The number of aromatic amines is 2. The van der Waals surface area contributed by atoms with Gasteiger partial charge in [0.2, 0.25) is 5.91 Å². The first-order chi connectivity index (χ1) is 8.65. The molecule has 1 aromatic heterocycles. The topological polar surface area (TPSA) is 108 Å². The lowest BCUT2D eigenvalue weighted by Crippen LogP contribution is -2.35. The normalized spacial score (nSPS) is 15.1. The lowest BCUT2D eigenvalue weighted by molar-refractivity contribution is -0.121. The molecule has 0 atom stereocenters. The maximum atomic E-state index is 11.5. The van der Waals surface area contributed by atoms with Gasteiger partial charge in [-0.1, -0.05) is 0 Å². The summed E-state index contributed by atoms with van der Waals surface area (Å²) >= 11 is 1.87. The molecule has 3 N–H and O–H groups in total. The summed E-state index contributed by atoms with van der Waals surface area (Å²) in [6, 6.07) is 0. The van der Waals surface area contributed by atoms with Gasteiger partial charge >= 0.3 is 5.69 Å². The first-order valence-corrected chi connectivity index (χ1v) is 6.83. The molecule has 1 amide bonds. The van der Waals surface area contributed by atoms with Crippen molar-refractivity contribution in [2.24, 2.45) is 5.92 Å². The van der Waals surface area contributed by atoms with Crippen LogP contribution in [0.2, 0.25) is 0 Å². The van der Waals surface area contributed by atoms with Gasteiger partial charge in [-0.2, -0.15) is 16.9 Å². The first-order valence-electron chi connectivity index (χ1n) is 5.67. The number of carbonyl (C=O) groups is 1. The molecule has 0 spiro atoms. The van der Waals surface area contributed by atoms with Crippen LogP contribution in [-0.2, 0) is 11.2 Å². The van der Waals surface area contributed by atoms with Crippen LogP contribution in [0.25, 0.3) is 0 Å². The molecule has 2 rings (SSSR count). The molecule has 98 valence electrons. The number of carbonyl (C=O) groups excluding carboxylic acids is 1. The SMILES string of the molecule is O=C(CCc1n[nH]c(=O)[nH]c1=O)NCC1CSC1. The Bertz CT molecular complexity index is 534. The number of nitrogens with one attached hydrogen (secondary N) is 3. The first kappa shape index (κ1) is 12.9. The lowest BCUT2D eigenvalue weighted by atomic mass is 10.2. The van der Waals surface area contributed by atoms with E-state index >= 15 is 0 Å². The minimum Gasteiger partial charge on any atom is -0.356 e. The summed E-state index contributed by atoms with van der Waals surface area (Å²) in [4.78, 5) is 35.6. The lowest BCUT2D eigenvalue weighted by Gasteiger charge is -2.24. The average molecular weight is 270 g/mol. The third kappa shape index (κ3) is 3.46. The molecule has 1 saturated heterocycles. The summed E-state index contributed by atoms with van der Waals surface area (Å²) in [6.45, 7) is 0.696. The number of hydrogen-bond acceptors (Lipinski definition) is 5. The number of hydrogen-bond donors (Lipinski definition) is 3. The summed E-state index contributed by atoms with van der Waals surface area (Å²) in [6.07, 6.45) is 0.416. The Balaban J connectivity index is 1.77. The second kappa shape index (κ2) is 5.85. The summed E-state index contributed by atoms with van der Waals surface area (Å²) in [5, 5.41) is 8.57. The minimum atomic E-state index is -0.643. The van der Waals surface area contributed by atoms with E-state index in [1.807, 2.05) is 11.8 Å². The molecule has 0 unspecified atom stereocenters. The highest BCUT2D eigenvalue weighted by Crippen LogP contribution is 2.23. The van der Waals surface area contributed by atoms with Gasteiger partial charge in [0.15, 0.2) is 0 Å². The van der Waals surface area contributed by atoms with Gasteiger partial charge in [0.05, 0.1) is 0 Å². The number of aromatic nitrogens is 3. The van der Waals surface area contributed by atoms with Crippen LogP contribution in [0.4, 0.5) is 0 Å². The number of rotatable bonds is 5. The minimum absolute atomic E-state index is 0.0979. The molecule has 1 fully saturated rings. The van der Waals surface area contributed by atoms with E-state index in [2.05, 4.69) is 20.5 Å². The molecule has 2 heterocycles. The van der Waals surface area contributed by atoms with Crippen LogP contribution in [0.3, 0.4) is 0 Å². The summed E-state index contributed by atoms with van der Waals surface area (Å²) < 4.78 is 0. The number of nitrogens with zero attached hydrogens (tertiary/aromatic N) is 1. The molecular weight excluding hydrogens is 256 g/mol. The highest BCUT2D eigenvalue weighted by molar-refractivity contribution is 8.00. The molecule has 1 aliphatic rings. The van der Waals surface area contributed by atoms with Crippen molar-refractivity contribution in [2.75, 3.05) is 18.1 Å². The zero-order valence-corrected chi connectivity index (χ0v) is 10.5. The van der Waals surface area contributed by atoms with Crippen molar-refractivity contribution in [1.29, 1.82) is 0 Å². The Labute approximate surface area is 107 Å². The standard InChI is InChI=1S/C10H14N4O3S/c15-8(11-3-6-4-18-5-6)2-1-7-9(16)12-10(17)14-13-7/h6H,1-5H2,(H,11,15)(H2,12,14,16,17). The van der Waals surface area contributed by atoms with E-state index in [1.165, 1.54) is 0 Å². The van der Waals surface area contributed by atoms with Gasteiger partial charge in [-0.05, 0) is 17.4 Å². The molecule has 0 radical (unpaired) electrons. The zero-order valence-electron chi connectivity index (χ0n) is 9.69. The van der Waals surface area contributed by atoms with Gasteiger partial charge in [-0.25, -0.2) is 9.89 Å². The Morgan fingerprint density at radius 1 is 1.44 bits per heavy atom. The molecule has 0 aliphatic carbocycles. The van der Waals surface area contributed by atoms with Crippen LogP contribution in [0.15, 0.2) is 9.59 Å². The highest BCUT2D eigenvalue weighted by atomic mass is 32.2. The fraction of sp³-hybridized carbons (Fsp3) is 0.600. The zero-order chi connectivity index (χ0) is 13.0. The highest BCUT2D eigenvalue weighted by Gasteiger charge is 2.18. The summed E-state index contributed by atoms with van der Waals surface area (Å²) in [7, 11) is 0. The van der Waals surface area contributed by atoms with Gasteiger partial charge in [-0.15, -0.1) is 0 Å². The largest absolute Gasteiger partial charge is 0.356 e. The van der Waals surface area contributed by atoms with Crippen molar-refractivity contribution in [2.45, 2.75) is 12.8 Å². The molecule has 1 aliphatic heterocycles. The number of H-pyrrole nitrogens is 2. The fourth-order valence-electron chi connectivity index (χ4n) is 1.52. The Morgan fingerprint density at radius 3 is 2.83 bits per heavy atom. The van der Waals surface area contributed by atoms with E-state index in [-0.39, 0.29) is 24.4 Å². The van der Waals surface area contributed by atoms with E-state index < -0.39 is 11.2 Å². The second-order valence-electron chi connectivity index (χ2n) is 4.16. The Kier molecular flexibility index (Phi) is 4.19. The van der Waals surface area contributed by atoms with Crippen molar-refractivity contribution in [3.8, 4) is 0 Å². The van der Waals surface area contributed by atoms with Crippen molar-refractivity contribution in [3.05, 3.63) is 26.5 Å². The number of thioether (sulfide) groups is 1. The summed E-state index contributed by atoms with van der Waals surface area (Å²) in [5.41, 5.74) is -1.01. The molecule has 7 nitrogen and oxygen atoms in total. The molecule has 0 bridgehead atoms. The average Bonchev–Trinajstić information content (AvgIpc) is 2.25. The smallest absolute Gasteiger partial charge is 0.342 e. The maximum Gasteiger partial charge on any atom is 0.342 e. The van der Waals surface area contributed by atoms with E-state index in [9.17, 15) is 14.4 Å². The molecular formula is C10H14N4O3S. The molecule has 18 heavy (non-hydrogen) atoms. The van der Waals surface area contributed by atoms with Crippen molar-refractivity contribution >= 4 is 17.7 Å². The van der Waals surface area contributed by atoms with Gasteiger partial charge in [0.25, 0.3) is 5.56 Å². The van der Waals surface area contributed by atoms with E-state index in [4.69, 9.17) is 0 Å². The maximum absolute atomic E-state index is 11.5. The third-order valence-electron chi connectivity index (χ3n) is 2.67. The molecule has 0 saturated carbocycles. The van der Waals surface area contributed by atoms with Crippen LogP contribution < -0.4 is 16.6 Å². The van der Waals surface area contributed by atoms with Gasteiger partial charge in [0, 0.05) is 19.4 Å². The van der Waals surface area contributed by atoms with Gasteiger partial charge < -0.3 is 5.32 Å². The van der Waals surface area contributed by atoms with Crippen molar-refractivity contribution in [1.82, 2.24) is 20.5 Å². The van der Waals surface area contributed by atoms with Crippen molar-refractivity contribution < 1.29 is 4.79 Å². The third-order valence-corrected chi connectivity index (χ3v) is 4.08. The molecule has 8 heteroatoms. The molecule has 1 aromatic rings. The van der Waals surface area contributed by atoms with Crippen molar-refractivity contribution in [3.63, 3.8) is 0 Å². The van der Waals surface area contributed by atoms with Gasteiger partial charge in [-0.3, -0.25) is 14.6 Å². The van der Waals surface area contributed by atoms with Crippen LogP contribution in [0, 0.1) is 5.92 Å². The molecule has 0 aromatic carbocycles. The predicted octanol–water partition coefficient (Wildman–Crippen LogP) is -1.13. The summed E-state index contributed by atoms with van der Waals surface area (Å²) in [5.74, 6) is 2.68. The van der Waals surface area contributed by atoms with E-state index in [0.29, 0.717) is 12.5 Å². The quantitative estimate of drug-likeness (QED) is 0.627. The Morgan fingerprint density at radius 2 is 2.22 bits per heavy atom.